The van der Waals surface area contributed by atoms with E-state index >= 15 is 0 Å². The molecule has 1 amide bonds. The Morgan fingerprint density at radius 1 is 1.56 bits per heavy atom. The highest BCUT2D eigenvalue weighted by molar-refractivity contribution is 7.99. The lowest BCUT2D eigenvalue weighted by Crippen LogP contribution is -2.46. The highest BCUT2D eigenvalue weighted by atomic mass is 32.2. The normalized spacial score (nSPS) is 19.6. The van der Waals surface area contributed by atoms with Crippen LogP contribution in [0.4, 0.5) is 5.69 Å². The van der Waals surface area contributed by atoms with Gasteiger partial charge in [0.25, 0.3) is 0 Å². The van der Waals surface area contributed by atoms with Crippen molar-refractivity contribution >= 4 is 23.4 Å². The molecule has 1 unspecified atom stereocenters. The molecular formula is C14H20N2OS. The van der Waals surface area contributed by atoms with E-state index in [0.717, 1.165) is 30.2 Å². The first-order valence-corrected chi connectivity index (χ1v) is 7.57. The first kappa shape index (κ1) is 13.4. The van der Waals surface area contributed by atoms with Crippen molar-refractivity contribution in [3.05, 3.63) is 29.3 Å². The summed E-state index contributed by atoms with van der Waals surface area (Å²) in [4.78, 5) is 12.1. The first-order chi connectivity index (χ1) is 8.70. The molecular weight excluding hydrogens is 244 g/mol. The molecule has 1 fully saturated rings. The molecule has 1 heterocycles. The van der Waals surface area contributed by atoms with Crippen LogP contribution in [0.25, 0.3) is 0 Å². The average molecular weight is 264 g/mol. The molecule has 0 spiro atoms. The summed E-state index contributed by atoms with van der Waals surface area (Å²) in [5, 5.41) is 6.25. The van der Waals surface area contributed by atoms with E-state index in [9.17, 15) is 4.79 Å². The van der Waals surface area contributed by atoms with Gasteiger partial charge in [-0.15, -0.1) is 0 Å². The minimum Gasteiger partial charge on any atom is -0.325 e. The predicted molar refractivity (Wildman–Crippen MR) is 78.3 cm³/mol. The number of rotatable bonds is 3. The SMILES string of the molecule is CCc1cc(NC(=O)C2CSCCN2)ccc1C. The van der Waals surface area contributed by atoms with Gasteiger partial charge in [-0.2, -0.15) is 11.8 Å². The lowest BCUT2D eigenvalue weighted by Gasteiger charge is -2.22. The molecule has 1 aromatic rings. The molecule has 1 atom stereocenters. The topological polar surface area (TPSA) is 41.1 Å². The summed E-state index contributed by atoms with van der Waals surface area (Å²) >= 11 is 1.83. The number of aryl methyl sites for hydroxylation is 2. The van der Waals surface area contributed by atoms with Crippen molar-refractivity contribution in [3.8, 4) is 0 Å². The fourth-order valence-corrected chi connectivity index (χ4v) is 3.03. The van der Waals surface area contributed by atoms with Crippen LogP contribution in [0.1, 0.15) is 18.1 Å². The standard InChI is InChI=1S/C14H20N2OS/c1-3-11-8-12(5-4-10(11)2)16-14(17)13-9-18-7-6-15-13/h4-5,8,13,15H,3,6-7,9H2,1-2H3,(H,16,17). The van der Waals surface area contributed by atoms with Gasteiger partial charge in [-0.05, 0) is 36.6 Å². The number of thioether (sulfide) groups is 1. The van der Waals surface area contributed by atoms with Crippen LogP contribution in [0.5, 0.6) is 0 Å². The van der Waals surface area contributed by atoms with E-state index in [1.807, 2.05) is 17.8 Å². The Balaban J connectivity index is 2.02. The second kappa shape index (κ2) is 6.25. The fraction of sp³-hybridized carbons (Fsp3) is 0.500. The molecule has 0 saturated carbocycles. The Hall–Kier alpha value is -1.00. The zero-order valence-corrected chi connectivity index (χ0v) is 11.8. The monoisotopic (exact) mass is 264 g/mol. The third-order valence-electron chi connectivity index (χ3n) is 3.24. The zero-order chi connectivity index (χ0) is 13.0. The summed E-state index contributed by atoms with van der Waals surface area (Å²) in [6.45, 7) is 5.15. The number of nitrogens with one attached hydrogen (secondary N) is 2. The van der Waals surface area contributed by atoms with Gasteiger partial charge in [0.2, 0.25) is 5.91 Å². The van der Waals surface area contributed by atoms with Crippen molar-refractivity contribution in [1.29, 1.82) is 0 Å². The van der Waals surface area contributed by atoms with Gasteiger partial charge < -0.3 is 10.6 Å². The molecule has 1 aliphatic heterocycles. The van der Waals surface area contributed by atoms with Crippen molar-refractivity contribution in [2.24, 2.45) is 0 Å². The van der Waals surface area contributed by atoms with Crippen molar-refractivity contribution in [1.82, 2.24) is 5.32 Å². The van der Waals surface area contributed by atoms with Crippen molar-refractivity contribution in [2.75, 3.05) is 23.4 Å². The first-order valence-electron chi connectivity index (χ1n) is 6.42. The number of amides is 1. The second-order valence-electron chi connectivity index (χ2n) is 4.57. The van der Waals surface area contributed by atoms with Gasteiger partial charge in [0.05, 0.1) is 6.04 Å². The van der Waals surface area contributed by atoms with Gasteiger partial charge in [-0.3, -0.25) is 4.79 Å². The van der Waals surface area contributed by atoms with Crippen LogP contribution in [-0.4, -0.2) is 30.0 Å². The Labute approximate surface area is 113 Å². The number of hydrogen-bond donors (Lipinski definition) is 2. The lowest BCUT2D eigenvalue weighted by molar-refractivity contribution is -0.117. The highest BCUT2D eigenvalue weighted by Crippen LogP contribution is 2.17. The second-order valence-corrected chi connectivity index (χ2v) is 5.72. The van der Waals surface area contributed by atoms with Crippen LogP contribution in [-0.2, 0) is 11.2 Å². The maximum absolute atomic E-state index is 12.1. The minimum absolute atomic E-state index is 0.0601. The quantitative estimate of drug-likeness (QED) is 0.879. The third-order valence-corrected chi connectivity index (χ3v) is 4.30. The number of carbonyl (C=O) groups is 1. The van der Waals surface area contributed by atoms with Crippen LogP contribution >= 0.6 is 11.8 Å². The highest BCUT2D eigenvalue weighted by Gasteiger charge is 2.20. The molecule has 1 saturated heterocycles. The van der Waals surface area contributed by atoms with E-state index in [2.05, 4.69) is 36.6 Å². The molecule has 4 heteroatoms. The van der Waals surface area contributed by atoms with Gasteiger partial charge in [-0.25, -0.2) is 0 Å². The molecule has 2 N–H and O–H groups in total. The van der Waals surface area contributed by atoms with Gasteiger partial charge in [0.1, 0.15) is 0 Å². The fourth-order valence-electron chi connectivity index (χ4n) is 2.09. The number of benzene rings is 1. The van der Waals surface area contributed by atoms with E-state index in [-0.39, 0.29) is 11.9 Å². The maximum atomic E-state index is 12.1. The molecule has 0 aliphatic carbocycles. The molecule has 0 bridgehead atoms. The summed E-state index contributed by atoms with van der Waals surface area (Å²) < 4.78 is 0. The summed E-state index contributed by atoms with van der Waals surface area (Å²) in [6, 6.07) is 6.05. The van der Waals surface area contributed by atoms with E-state index in [0.29, 0.717) is 0 Å². The van der Waals surface area contributed by atoms with Crippen LogP contribution < -0.4 is 10.6 Å². The summed E-state index contributed by atoms with van der Waals surface area (Å²) in [5.41, 5.74) is 3.47. The van der Waals surface area contributed by atoms with Crippen LogP contribution in [0.2, 0.25) is 0 Å². The van der Waals surface area contributed by atoms with Crippen LogP contribution in [0, 0.1) is 6.92 Å². The van der Waals surface area contributed by atoms with Gasteiger partial charge in [-0.1, -0.05) is 13.0 Å². The molecule has 3 nitrogen and oxygen atoms in total. The molecule has 98 valence electrons. The molecule has 2 rings (SSSR count). The predicted octanol–water partition coefficient (Wildman–Crippen LogP) is 2.20. The van der Waals surface area contributed by atoms with E-state index < -0.39 is 0 Å². The van der Waals surface area contributed by atoms with Crippen molar-refractivity contribution < 1.29 is 4.79 Å². The lowest BCUT2D eigenvalue weighted by atomic mass is 10.1. The molecule has 1 aromatic carbocycles. The molecule has 1 aliphatic rings. The summed E-state index contributed by atoms with van der Waals surface area (Å²) in [6.07, 6.45) is 0.993. The van der Waals surface area contributed by atoms with Crippen molar-refractivity contribution in [3.63, 3.8) is 0 Å². The van der Waals surface area contributed by atoms with Gasteiger partial charge >= 0.3 is 0 Å². The smallest absolute Gasteiger partial charge is 0.242 e. The number of carbonyl (C=O) groups excluding carboxylic acids is 1. The van der Waals surface area contributed by atoms with Crippen molar-refractivity contribution in [2.45, 2.75) is 26.3 Å². The average Bonchev–Trinajstić information content (AvgIpc) is 2.42. The Kier molecular flexibility index (Phi) is 4.66. The maximum Gasteiger partial charge on any atom is 0.242 e. The number of anilines is 1. The Morgan fingerprint density at radius 2 is 2.39 bits per heavy atom. The van der Waals surface area contributed by atoms with E-state index in [4.69, 9.17) is 0 Å². The Bertz CT molecular complexity index is 428. The Morgan fingerprint density at radius 3 is 3.06 bits per heavy atom. The molecule has 0 aromatic heterocycles. The minimum atomic E-state index is -0.0601. The van der Waals surface area contributed by atoms with E-state index in [1.165, 1.54) is 11.1 Å². The van der Waals surface area contributed by atoms with Crippen LogP contribution in [0.15, 0.2) is 18.2 Å². The molecule has 18 heavy (non-hydrogen) atoms. The largest absolute Gasteiger partial charge is 0.325 e. The molecule has 0 radical (unpaired) electrons. The zero-order valence-electron chi connectivity index (χ0n) is 11.0. The van der Waals surface area contributed by atoms with Gasteiger partial charge in [0.15, 0.2) is 0 Å². The summed E-state index contributed by atoms with van der Waals surface area (Å²) in [5.74, 6) is 2.03. The van der Waals surface area contributed by atoms with E-state index in [1.54, 1.807) is 0 Å². The number of hydrogen-bond acceptors (Lipinski definition) is 3. The van der Waals surface area contributed by atoms with Crippen LogP contribution in [0.3, 0.4) is 0 Å². The summed E-state index contributed by atoms with van der Waals surface area (Å²) in [7, 11) is 0. The van der Waals surface area contributed by atoms with Gasteiger partial charge in [0, 0.05) is 23.7 Å². The third kappa shape index (κ3) is 3.27.